The highest BCUT2D eigenvalue weighted by atomic mass is 16.2. The molecule has 0 radical (unpaired) electrons. The van der Waals surface area contributed by atoms with E-state index < -0.39 is 0 Å². The van der Waals surface area contributed by atoms with Gasteiger partial charge in [0.15, 0.2) is 0 Å². The van der Waals surface area contributed by atoms with Crippen LogP contribution in [-0.4, -0.2) is 42.0 Å². The van der Waals surface area contributed by atoms with Crippen LogP contribution in [0, 0.1) is 0 Å². The van der Waals surface area contributed by atoms with Crippen molar-refractivity contribution in [3.05, 3.63) is 0 Å². The summed E-state index contributed by atoms with van der Waals surface area (Å²) in [6.07, 6.45) is 6.51. The van der Waals surface area contributed by atoms with Crippen LogP contribution in [0.25, 0.3) is 0 Å². The van der Waals surface area contributed by atoms with Crippen LogP contribution in [0.4, 0.5) is 0 Å². The van der Waals surface area contributed by atoms with Crippen molar-refractivity contribution in [3.8, 4) is 0 Å². The Morgan fingerprint density at radius 3 is 2.69 bits per heavy atom. The number of hydrogen-bond donors (Lipinski definition) is 2. The first-order valence-electron chi connectivity index (χ1n) is 6.47. The third kappa shape index (κ3) is 2.74. The van der Waals surface area contributed by atoms with Gasteiger partial charge in [0.2, 0.25) is 5.91 Å². The Balaban J connectivity index is 1.76. The third-order valence-electron chi connectivity index (χ3n) is 3.82. The van der Waals surface area contributed by atoms with Crippen LogP contribution in [0.2, 0.25) is 0 Å². The molecular weight excluding hydrogens is 202 g/mol. The Morgan fingerprint density at radius 2 is 2.06 bits per heavy atom. The van der Waals surface area contributed by atoms with E-state index in [1.807, 2.05) is 0 Å². The lowest BCUT2D eigenvalue weighted by Crippen LogP contribution is -2.45. The molecule has 2 rings (SSSR count). The second-order valence-electron chi connectivity index (χ2n) is 5.22. The van der Waals surface area contributed by atoms with Crippen molar-refractivity contribution >= 4 is 5.91 Å². The number of nitrogens with one attached hydrogen (secondary N) is 1. The molecule has 2 aliphatic rings. The number of carbonyl (C=O) groups is 1. The Hall–Kier alpha value is -0.610. The molecule has 4 nitrogen and oxygen atoms in total. The summed E-state index contributed by atoms with van der Waals surface area (Å²) in [4.78, 5) is 14.0. The molecule has 0 bridgehead atoms. The van der Waals surface area contributed by atoms with Gasteiger partial charge in [0, 0.05) is 25.2 Å². The van der Waals surface area contributed by atoms with Crippen molar-refractivity contribution in [1.29, 1.82) is 0 Å². The summed E-state index contributed by atoms with van der Waals surface area (Å²) >= 11 is 0. The number of hydrogen-bond acceptors (Lipinski definition) is 3. The SMILES string of the molecule is CC(N)C(=O)NC1CCN(C2CCCC2)C1. The molecule has 0 aromatic heterocycles. The maximum atomic E-state index is 11.5. The molecule has 1 heterocycles. The Bertz CT molecular complexity index is 249. The smallest absolute Gasteiger partial charge is 0.236 e. The second-order valence-corrected chi connectivity index (χ2v) is 5.22. The summed E-state index contributed by atoms with van der Waals surface area (Å²) in [5.41, 5.74) is 5.55. The highest BCUT2D eigenvalue weighted by molar-refractivity contribution is 5.81. The van der Waals surface area contributed by atoms with Crippen LogP contribution < -0.4 is 11.1 Å². The molecule has 0 spiro atoms. The highest BCUT2D eigenvalue weighted by Gasteiger charge is 2.30. The molecule has 0 aromatic carbocycles. The average molecular weight is 225 g/mol. The minimum atomic E-state index is -0.388. The molecule has 1 amide bonds. The summed E-state index contributed by atoms with van der Waals surface area (Å²) in [6.45, 7) is 3.89. The molecule has 1 saturated carbocycles. The summed E-state index contributed by atoms with van der Waals surface area (Å²) < 4.78 is 0. The number of likely N-dealkylation sites (tertiary alicyclic amines) is 1. The van der Waals surface area contributed by atoms with Crippen LogP contribution >= 0.6 is 0 Å². The van der Waals surface area contributed by atoms with Crippen molar-refractivity contribution in [2.24, 2.45) is 5.73 Å². The van der Waals surface area contributed by atoms with E-state index in [0.717, 1.165) is 25.6 Å². The van der Waals surface area contributed by atoms with Gasteiger partial charge in [0.1, 0.15) is 0 Å². The van der Waals surface area contributed by atoms with E-state index in [9.17, 15) is 4.79 Å². The van der Waals surface area contributed by atoms with Crippen LogP contribution in [0.15, 0.2) is 0 Å². The van der Waals surface area contributed by atoms with E-state index in [1.54, 1.807) is 6.92 Å². The molecule has 92 valence electrons. The van der Waals surface area contributed by atoms with Crippen LogP contribution in [0.3, 0.4) is 0 Å². The van der Waals surface area contributed by atoms with Crippen LogP contribution in [-0.2, 0) is 4.79 Å². The average Bonchev–Trinajstić information content (AvgIpc) is 2.85. The number of nitrogens with two attached hydrogens (primary N) is 1. The molecule has 16 heavy (non-hydrogen) atoms. The minimum Gasteiger partial charge on any atom is -0.351 e. The van der Waals surface area contributed by atoms with Gasteiger partial charge in [0.05, 0.1) is 6.04 Å². The van der Waals surface area contributed by atoms with Gasteiger partial charge in [0.25, 0.3) is 0 Å². The summed E-state index contributed by atoms with van der Waals surface area (Å²) in [6, 6.07) is 0.705. The van der Waals surface area contributed by atoms with Gasteiger partial charge < -0.3 is 11.1 Å². The van der Waals surface area contributed by atoms with E-state index in [4.69, 9.17) is 5.73 Å². The van der Waals surface area contributed by atoms with Gasteiger partial charge >= 0.3 is 0 Å². The molecule has 2 atom stereocenters. The highest BCUT2D eigenvalue weighted by Crippen LogP contribution is 2.26. The lowest BCUT2D eigenvalue weighted by atomic mass is 10.2. The van der Waals surface area contributed by atoms with Crippen molar-refractivity contribution in [3.63, 3.8) is 0 Å². The number of amides is 1. The zero-order valence-corrected chi connectivity index (χ0v) is 10.1. The standard InChI is InChI=1S/C12H23N3O/c1-9(13)12(16)14-10-6-7-15(8-10)11-4-2-3-5-11/h9-11H,2-8,13H2,1H3,(H,14,16). The maximum Gasteiger partial charge on any atom is 0.236 e. The largest absolute Gasteiger partial charge is 0.351 e. The Morgan fingerprint density at radius 1 is 1.38 bits per heavy atom. The topological polar surface area (TPSA) is 58.4 Å². The molecule has 2 fully saturated rings. The van der Waals surface area contributed by atoms with Gasteiger partial charge in [-0.05, 0) is 26.2 Å². The molecule has 3 N–H and O–H groups in total. The summed E-state index contributed by atoms with van der Waals surface area (Å²) in [7, 11) is 0. The Labute approximate surface area is 97.6 Å². The molecule has 1 aliphatic carbocycles. The van der Waals surface area contributed by atoms with Crippen molar-refractivity contribution in [1.82, 2.24) is 10.2 Å². The van der Waals surface area contributed by atoms with Crippen molar-refractivity contribution in [2.45, 2.75) is 57.2 Å². The summed E-state index contributed by atoms with van der Waals surface area (Å²) in [5.74, 6) is -0.0155. The van der Waals surface area contributed by atoms with Gasteiger partial charge in [-0.2, -0.15) is 0 Å². The van der Waals surface area contributed by atoms with E-state index in [1.165, 1.54) is 25.7 Å². The monoisotopic (exact) mass is 225 g/mol. The zero-order chi connectivity index (χ0) is 11.5. The number of carbonyl (C=O) groups excluding carboxylic acids is 1. The third-order valence-corrected chi connectivity index (χ3v) is 3.82. The van der Waals surface area contributed by atoms with E-state index >= 15 is 0 Å². The van der Waals surface area contributed by atoms with Gasteiger partial charge in [-0.1, -0.05) is 12.8 Å². The molecule has 2 unspecified atom stereocenters. The first kappa shape index (κ1) is 11.9. The molecular formula is C12H23N3O. The zero-order valence-electron chi connectivity index (χ0n) is 10.1. The summed E-state index contributed by atoms with van der Waals surface area (Å²) in [5, 5.41) is 3.03. The number of rotatable bonds is 3. The normalized spacial score (nSPS) is 29.5. The fourth-order valence-electron chi connectivity index (χ4n) is 2.84. The molecule has 1 aliphatic heterocycles. The lowest BCUT2D eigenvalue weighted by Gasteiger charge is -2.23. The van der Waals surface area contributed by atoms with Gasteiger partial charge in [-0.15, -0.1) is 0 Å². The molecule has 0 aromatic rings. The number of nitrogens with zero attached hydrogens (tertiary/aromatic N) is 1. The van der Waals surface area contributed by atoms with Gasteiger partial charge in [-0.25, -0.2) is 0 Å². The Kier molecular flexibility index (Phi) is 3.82. The predicted molar refractivity (Wildman–Crippen MR) is 64.0 cm³/mol. The van der Waals surface area contributed by atoms with Crippen LogP contribution in [0.1, 0.15) is 39.0 Å². The van der Waals surface area contributed by atoms with E-state index in [2.05, 4.69) is 10.2 Å². The molecule has 4 heteroatoms. The maximum absolute atomic E-state index is 11.5. The van der Waals surface area contributed by atoms with Crippen molar-refractivity contribution in [2.75, 3.05) is 13.1 Å². The minimum absolute atomic E-state index is 0.0155. The first-order chi connectivity index (χ1) is 7.66. The predicted octanol–water partition coefficient (Wildman–Crippen LogP) is 0.467. The van der Waals surface area contributed by atoms with E-state index in [-0.39, 0.29) is 11.9 Å². The second kappa shape index (κ2) is 5.15. The van der Waals surface area contributed by atoms with Crippen molar-refractivity contribution < 1.29 is 4.79 Å². The quantitative estimate of drug-likeness (QED) is 0.734. The van der Waals surface area contributed by atoms with Crippen LogP contribution in [0.5, 0.6) is 0 Å². The fraction of sp³-hybridized carbons (Fsp3) is 0.917. The van der Waals surface area contributed by atoms with Gasteiger partial charge in [-0.3, -0.25) is 9.69 Å². The molecule has 1 saturated heterocycles. The first-order valence-corrected chi connectivity index (χ1v) is 6.47. The lowest BCUT2D eigenvalue weighted by molar-refractivity contribution is -0.122. The van der Waals surface area contributed by atoms with E-state index in [0.29, 0.717) is 6.04 Å². The fourth-order valence-corrected chi connectivity index (χ4v) is 2.84.